The van der Waals surface area contributed by atoms with Gasteiger partial charge in [0.2, 0.25) is 21.8 Å². The minimum atomic E-state index is -3.63. The lowest BCUT2D eigenvalue weighted by Crippen LogP contribution is -2.34. The summed E-state index contributed by atoms with van der Waals surface area (Å²) in [6, 6.07) is 12.7. The Balaban J connectivity index is 1.46. The molecular formula is C23H27N3O4S. The van der Waals surface area contributed by atoms with Crippen LogP contribution in [0.1, 0.15) is 29.5 Å². The van der Waals surface area contributed by atoms with E-state index in [0.29, 0.717) is 12.0 Å². The Bertz CT molecular complexity index is 1090. The Morgan fingerprint density at radius 1 is 1.10 bits per heavy atom. The third-order valence-corrected chi connectivity index (χ3v) is 6.66. The van der Waals surface area contributed by atoms with Crippen molar-refractivity contribution in [3.63, 3.8) is 0 Å². The van der Waals surface area contributed by atoms with Crippen molar-refractivity contribution in [2.24, 2.45) is 0 Å². The summed E-state index contributed by atoms with van der Waals surface area (Å²) in [6.45, 7) is 4.58. The molecule has 8 heteroatoms. The van der Waals surface area contributed by atoms with Crippen LogP contribution in [0.2, 0.25) is 0 Å². The second-order valence-corrected chi connectivity index (χ2v) is 9.27. The van der Waals surface area contributed by atoms with E-state index in [1.54, 1.807) is 30.0 Å². The second kappa shape index (κ2) is 9.89. The Morgan fingerprint density at radius 3 is 2.52 bits per heavy atom. The normalized spacial score (nSPS) is 14.4. The summed E-state index contributed by atoms with van der Waals surface area (Å²) in [7, 11) is -3.63. The molecule has 7 nitrogen and oxygen atoms in total. The lowest BCUT2D eigenvalue weighted by Gasteiger charge is -2.15. The highest BCUT2D eigenvalue weighted by Gasteiger charge is 2.21. The van der Waals surface area contributed by atoms with Crippen LogP contribution in [0.25, 0.3) is 6.08 Å². The molecule has 0 unspecified atom stereocenters. The van der Waals surface area contributed by atoms with E-state index in [1.807, 2.05) is 37.3 Å². The third kappa shape index (κ3) is 6.02. The average Bonchev–Trinajstić information content (AvgIpc) is 3.17. The lowest BCUT2D eigenvalue weighted by atomic mass is 10.2. The van der Waals surface area contributed by atoms with Crippen LogP contribution in [0.4, 0.5) is 5.69 Å². The zero-order chi connectivity index (χ0) is 22.4. The van der Waals surface area contributed by atoms with Crippen molar-refractivity contribution in [1.82, 2.24) is 10.0 Å². The zero-order valence-corrected chi connectivity index (χ0v) is 18.5. The van der Waals surface area contributed by atoms with E-state index >= 15 is 0 Å². The molecule has 1 saturated heterocycles. The number of aryl methyl sites for hydroxylation is 2. The molecule has 2 N–H and O–H groups in total. The van der Waals surface area contributed by atoms with Crippen molar-refractivity contribution in [1.29, 1.82) is 0 Å². The average molecular weight is 442 g/mol. The number of carbonyl (C=O) groups is 2. The summed E-state index contributed by atoms with van der Waals surface area (Å²) in [5, 5.41) is 2.66. The van der Waals surface area contributed by atoms with Crippen molar-refractivity contribution in [2.45, 2.75) is 31.6 Å². The molecule has 0 atom stereocenters. The number of carbonyl (C=O) groups excluding carboxylic acids is 2. The molecule has 1 aliphatic heterocycles. The Morgan fingerprint density at radius 2 is 1.84 bits per heavy atom. The Labute approximate surface area is 183 Å². The van der Waals surface area contributed by atoms with E-state index < -0.39 is 10.0 Å². The van der Waals surface area contributed by atoms with Crippen molar-refractivity contribution in [3.05, 3.63) is 65.2 Å². The summed E-state index contributed by atoms with van der Waals surface area (Å²) in [4.78, 5) is 25.8. The van der Waals surface area contributed by atoms with Gasteiger partial charge in [-0.3, -0.25) is 9.59 Å². The molecule has 0 bridgehead atoms. The largest absolute Gasteiger partial charge is 0.351 e. The van der Waals surface area contributed by atoms with E-state index in [0.717, 1.165) is 29.8 Å². The maximum atomic E-state index is 12.4. The van der Waals surface area contributed by atoms with Crippen molar-refractivity contribution in [2.75, 3.05) is 24.5 Å². The molecule has 0 aromatic heterocycles. The highest BCUT2D eigenvalue weighted by atomic mass is 32.2. The highest BCUT2D eigenvalue weighted by Crippen LogP contribution is 2.22. The molecule has 2 amide bonds. The smallest absolute Gasteiger partial charge is 0.244 e. The van der Waals surface area contributed by atoms with Crippen LogP contribution in [-0.4, -0.2) is 39.9 Å². The highest BCUT2D eigenvalue weighted by molar-refractivity contribution is 7.89. The first-order valence-electron chi connectivity index (χ1n) is 10.2. The molecule has 31 heavy (non-hydrogen) atoms. The molecule has 164 valence electrons. The quantitative estimate of drug-likeness (QED) is 0.486. The maximum absolute atomic E-state index is 12.4. The van der Waals surface area contributed by atoms with Gasteiger partial charge in [-0.15, -0.1) is 0 Å². The SMILES string of the molecule is Cc1ccc(C)c(S(=O)(=O)NCCNC(=O)/C=C/c2ccc(N3CCCC3=O)cc2)c1. The van der Waals surface area contributed by atoms with Gasteiger partial charge < -0.3 is 10.2 Å². The van der Waals surface area contributed by atoms with Crippen LogP contribution in [0, 0.1) is 13.8 Å². The fourth-order valence-corrected chi connectivity index (χ4v) is 4.72. The van der Waals surface area contributed by atoms with Gasteiger partial charge in [-0.2, -0.15) is 0 Å². The van der Waals surface area contributed by atoms with Crippen LogP contribution in [0.3, 0.4) is 0 Å². The Hall–Kier alpha value is -2.97. The number of benzene rings is 2. The molecule has 1 fully saturated rings. The van der Waals surface area contributed by atoms with Gasteiger partial charge in [-0.1, -0.05) is 24.3 Å². The number of amides is 2. The van der Waals surface area contributed by atoms with Gasteiger partial charge in [0.15, 0.2) is 0 Å². The molecule has 1 aliphatic rings. The molecular weight excluding hydrogens is 414 g/mol. The molecule has 0 saturated carbocycles. The first-order chi connectivity index (χ1) is 14.8. The van der Waals surface area contributed by atoms with E-state index in [-0.39, 0.29) is 29.8 Å². The fourth-order valence-electron chi connectivity index (χ4n) is 3.36. The fraction of sp³-hybridized carbons (Fsp3) is 0.304. The van der Waals surface area contributed by atoms with Gasteiger partial charge in [-0.25, -0.2) is 13.1 Å². The van der Waals surface area contributed by atoms with Crippen LogP contribution in [0.15, 0.2) is 53.4 Å². The maximum Gasteiger partial charge on any atom is 0.244 e. The van der Waals surface area contributed by atoms with Crippen LogP contribution in [-0.2, 0) is 19.6 Å². The number of rotatable bonds is 8. The van der Waals surface area contributed by atoms with Gasteiger partial charge in [0.05, 0.1) is 4.90 Å². The number of nitrogens with zero attached hydrogens (tertiary/aromatic N) is 1. The molecule has 2 aromatic carbocycles. The van der Waals surface area contributed by atoms with Gasteiger partial charge in [-0.05, 0) is 61.2 Å². The number of anilines is 1. The van der Waals surface area contributed by atoms with E-state index in [1.165, 1.54) is 6.08 Å². The van der Waals surface area contributed by atoms with Gasteiger partial charge in [0.1, 0.15) is 0 Å². The van der Waals surface area contributed by atoms with Crippen LogP contribution >= 0.6 is 0 Å². The molecule has 2 aromatic rings. The number of sulfonamides is 1. The van der Waals surface area contributed by atoms with Gasteiger partial charge in [0.25, 0.3) is 0 Å². The minimum Gasteiger partial charge on any atom is -0.351 e. The summed E-state index contributed by atoms with van der Waals surface area (Å²) in [5.74, 6) is -0.180. The van der Waals surface area contributed by atoms with Crippen molar-refractivity contribution >= 4 is 33.6 Å². The Kier molecular flexibility index (Phi) is 7.25. The summed E-state index contributed by atoms with van der Waals surface area (Å²) < 4.78 is 27.4. The van der Waals surface area contributed by atoms with Gasteiger partial charge >= 0.3 is 0 Å². The third-order valence-electron chi connectivity index (χ3n) is 5.05. The van der Waals surface area contributed by atoms with E-state index in [9.17, 15) is 18.0 Å². The number of hydrogen-bond donors (Lipinski definition) is 2. The van der Waals surface area contributed by atoms with E-state index in [4.69, 9.17) is 0 Å². The summed E-state index contributed by atoms with van der Waals surface area (Å²) in [5.41, 5.74) is 3.23. The first-order valence-corrected chi connectivity index (χ1v) is 11.7. The number of nitrogens with one attached hydrogen (secondary N) is 2. The molecule has 0 radical (unpaired) electrons. The molecule has 3 rings (SSSR count). The summed E-state index contributed by atoms with van der Waals surface area (Å²) >= 11 is 0. The standard InChI is InChI=1S/C23H27N3O4S/c1-17-5-6-18(2)21(16-17)31(29,30)25-14-13-24-22(27)12-9-19-7-10-20(11-8-19)26-15-3-4-23(26)28/h5-12,16,25H,3-4,13-15H2,1-2H3,(H,24,27)/b12-9+. The van der Waals surface area contributed by atoms with Crippen molar-refractivity contribution in [3.8, 4) is 0 Å². The zero-order valence-electron chi connectivity index (χ0n) is 17.7. The first kappa shape index (κ1) is 22.7. The topological polar surface area (TPSA) is 95.6 Å². The van der Waals surface area contributed by atoms with E-state index in [2.05, 4.69) is 10.0 Å². The van der Waals surface area contributed by atoms with Crippen LogP contribution < -0.4 is 14.9 Å². The van der Waals surface area contributed by atoms with Crippen LogP contribution in [0.5, 0.6) is 0 Å². The summed E-state index contributed by atoms with van der Waals surface area (Å²) in [6.07, 6.45) is 4.53. The van der Waals surface area contributed by atoms with Crippen molar-refractivity contribution < 1.29 is 18.0 Å². The molecule has 0 aliphatic carbocycles. The minimum absolute atomic E-state index is 0.0911. The number of hydrogen-bond acceptors (Lipinski definition) is 4. The predicted molar refractivity (Wildman–Crippen MR) is 121 cm³/mol. The monoisotopic (exact) mass is 441 g/mol. The lowest BCUT2D eigenvalue weighted by molar-refractivity contribution is -0.117. The molecule has 1 heterocycles. The predicted octanol–water partition coefficient (Wildman–Crippen LogP) is 2.54. The molecule has 0 spiro atoms. The second-order valence-electron chi connectivity index (χ2n) is 7.53. The van der Waals surface area contributed by atoms with Gasteiger partial charge in [0, 0.05) is 37.8 Å².